The maximum Gasteiger partial charge on any atom is 0.115 e. The van der Waals surface area contributed by atoms with Crippen molar-refractivity contribution in [2.24, 2.45) is 23.2 Å². The first kappa shape index (κ1) is 13.6. The number of hydrogen-bond donors (Lipinski definition) is 2. The molecule has 1 aromatic carbocycles. The number of phenols is 1. The molecule has 0 aliphatic heterocycles. The number of aliphatic hydroxyl groups is 1. The molecule has 0 amide bonds. The van der Waals surface area contributed by atoms with Gasteiger partial charge in [-0.25, -0.2) is 0 Å². The molecule has 0 aromatic heterocycles. The summed E-state index contributed by atoms with van der Waals surface area (Å²) in [5.74, 6) is 3.03. The van der Waals surface area contributed by atoms with Crippen LogP contribution in [0.2, 0.25) is 0 Å². The summed E-state index contributed by atoms with van der Waals surface area (Å²) in [6.07, 6.45) is 5.52. The molecule has 3 aliphatic rings. The van der Waals surface area contributed by atoms with Crippen LogP contribution in [0.15, 0.2) is 18.2 Å². The number of fused-ring (bicyclic) bond motifs is 5. The second-order valence-corrected chi connectivity index (χ2v) is 8.00. The lowest BCUT2D eigenvalue weighted by Gasteiger charge is -2.53. The molecule has 0 radical (unpaired) electrons. The highest BCUT2D eigenvalue weighted by Crippen LogP contribution is 2.62. The van der Waals surface area contributed by atoms with Gasteiger partial charge in [0.2, 0.25) is 0 Å². The Labute approximate surface area is 127 Å². The van der Waals surface area contributed by atoms with E-state index in [4.69, 9.17) is 0 Å². The second kappa shape index (κ2) is 4.49. The second-order valence-electron chi connectivity index (χ2n) is 8.00. The normalized spacial score (nSPS) is 44.8. The van der Waals surface area contributed by atoms with Crippen LogP contribution < -0.4 is 0 Å². The van der Waals surface area contributed by atoms with Gasteiger partial charge in [0.25, 0.3) is 0 Å². The van der Waals surface area contributed by atoms with E-state index >= 15 is 0 Å². The molecular weight excluding hydrogens is 260 g/mol. The SMILES string of the molecule is C[C@@H]1C[C@@]2(C)[C@@H](O)CC[C@H]2[C@H]2CCc3cc(O)ccc3[C@@H]21. The molecule has 2 nitrogen and oxygen atoms in total. The fourth-order valence-corrected chi connectivity index (χ4v) is 6.10. The summed E-state index contributed by atoms with van der Waals surface area (Å²) in [6, 6.07) is 5.98. The number of hydrogen-bond acceptors (Lipinski definition) is 2. The fourth-order valence-electron chi connectivity index (χ4n) is 6.10. The predicted molar refractivity (Wildman–Crippen MR) is 83.3 cm³/mol. The van der Waals surface area contributed by atoms with E-state index in [1.807, 2.05) is 12.1 Å². The molecule has 2 N–H and O–H groups in total. The Balaban J connectivity index is 1.76. The number of aliphatic hydroxyl groups excluding tert-OH is 1. The molecule has 0 spiro atoms. The third-order valence-electron chi connectivity index (χ3n) is 6.95. The topological polar surface area (TPSA) is 40.5 Å². The van der Waals surface area contributed by atoms with Gasteiger partial charge in [0.05, 0.1) is 6.10 Å². The van der Waals surface area contributed by atoms with Gasteiger partial charge in [-0.2, -0.15) is 0 Å². The summed E-state index contributed by atoms with van der Waals surface area (Å²) in [4.78, 5) is 0. The number of rotatable bonds is 0. The molecule has 0 bridgehead atoms. The Bertz CT molecular complexity index is 567. The van der Waals surface area contributed by atoms with Gasteiger partial charge >= 0.3 is 0 Å². The first-order chi connectivity index (χ1) is 10.0. The van der Waals surface area contributed by atoms with E-state index in [0.29, 0.717) is 29.4 Å². The van der Waals surface area contributed by atoms with Gasteiger partial charge in [0.15, 0.2) is 0 Å². The molecule has 1 aromatic rings. The van der Waals surface area contributed by atoms with E-state index < -0.39 is 0 Å². The van der Waals surface area contributed by atoms with E-state index in [9.17, 15) is 10.2 Å². The van der Waals surface area contributed by atoms with Gasteiger partial charge in [-0.15, -0.1) is 0 Å². The Hall–Kier alpha value is -1.02. The van der Waals surface area contributed by atoms with Gasteiger partial charge in [-0.1, -0.05) is 19.9 Å². The first-order valence-electron chi connectivity index (χ1n) is 8.50. The molecule has 3 aliphatic carbocycles. The zero-order valence-corrected chi connectivity index (χ0v) is 13.0. The maximum atomic E-state index is 10.5. The number of phenolic OH excluding ortho intramolecular Hbond substituents is 1. The van der Waals surface area contributed by atoms with E-state index in [0.717, 1.165) is 19.3 Å². The van der Waals surface area contributed by atoms with Gasteiger partial charge in [0, 0.05) is 0 Å². The van der Waals surface area contributed by atoms with Crippen LogP contribution in [0.4, 0.5) is 0 Å². The monoisotopic (exact) mass is 286 g/mol. The largest absolute Gasteiger partial charge is 0.508 e. The van der Waals surface area contributed by atoms with Crippen LogP contribution in [0, 0.1) is 23.2 Å². The summed E-state index contributed by atoms with van der Waals surface area (Å²) < 4.78 is 0. The average molecular weight is 286 g/mol. The summed E-state index contributed by atoms with van der Waals surface area (Å²) >= 11 is 0. The van der Waals surface area contributed by atoms with Crippen molar-refractivity contribution in [3.63, 3.8) is 0 Å². The minimum absolute atomic E-state index is 0.105. The molecule has 4 rings (SSSR count). The minimum Gasteiger partial charge on any atom is -0.508 e. The summed E-state index contributed by atoms with van der Waals surface area (Å²) in [6.45, 7) is 4.69. The lowest BCUT2D eigenvalue weighted by atomic mass is 9.52. The van der Waals surface area contributed by atoms with Gasteiger partial charge < -0.3 is 10.2 Å². The molecule has 2 fully saturated rings. The van der Waals surface area contributed by atoms with Crippen molar-refractivity contribution in [3.8, 4) is 5.75 Å². The quantitative estimate of drug-likeness (QED) is 0.760. The van der Waals surface area contributed by atoms with E-state index in [1.54, 1.807) is 0 Å². The van der Waals surface area contributed by atoms with E-state index in [1.165, 1.54) is 24.0 Å². The van der Waals surface area contributed by atoms with Crippen LogP contribution in [0.3, 0.4) is 0 Å². The van der Waals surface area contributed by atoms with Crippen molar-refractivity contribution in [3.05, 3.63) is 29.3 Å². The Morgan fingerprint density at radius 3 is 2.81 bits per heavy atom. The lowest BCUT2D eigenvalue weighted by Crippen LogP contribution is -2.47. The fraction of sp³-hybridized carbons (Fsp3) is 0.684. The average Bonchev–Trinajstić information content (AvgIpc) is 2.74. The van der Waals surface area contributed by atoms with E-state index in [2.05, 4.69) is 19.9 Å². The molecule has 21 heavy (non-hydrogen) atoms. The van der Waals surface area contributed by atoms with Crippen LogP contribution in [-0.4, -0.2) is 16.3 Å². The van der Waals surface area contributed by atoms with Crippen molar-refractivity contribution in [1.29, 1.82) is 0 Å². The van der Waals surface area contributed by atoms with Crippen LogP contribution >= 0.6 is 0 Å². The van der Waals surface area contributed by atoms with Crippen LogP contribution in [0.5, 0.6) is 5.75 Å². The molecule has 114 valence electrons. The van der Waals surface area contributed by atoms with Crippen molar-refractivity contribution in [1.82, 2.24) is 0 Å². The zero-order valence-electron chi connectivity index (χ0n) is 13.0. The molecule has 0 heterocycles. The van der Waals surface area contributed by atoms with Crippen molar-refractivity contribution < 1.29 is 10.2 Å². The molecule has 0 unspecified atom stereocenters. The third kappa shape index (κ3) is 1.81. The highest BCUT2D eigenvalue weighted by Gasteiger charge is 2.56. The predicted octanol–water partition coefficient (Wildman–Crippen LogP) is 3.86. The summed E-state index contributed by atoms with van der Waals surface area (Å²) in [7, 11) is 0. The smallest absolute Gasteiger partial charge is 0.115 e. The highest BCUT2D eigenvalue weighted by molar-refractivity contribution is 5.40. The van der Waals surface area contributed by atoms with Crippen LogP contribution in [0.25, 0.3) is 0 Å². The molecule has 0 saturated heterocycles. The van der Waals surface area contributed by atoms with E-state index in [-0.39, 0.29) is 11.5 Å². The van der Waals surface area contributed by atoms with Crippen LogP contribution in [0.1, 0.15) is 56.6 Å². The third-order valence-corrected chi connectivity index (χ3v) is 6.95. The first-order valence-corrected chi connectivity index (χ1v) is 8.50. The number of benzene rings is 1. The number of aryl methyl sites for hydroxylation is 1. The Morgan fingerprint density at radius 1 is 1.19 bits per heavy atom. The standard InChI is InChI=1S/C19H26O2/c1-11-10-19(2)16(7-8-17(19)21)15-5-3-12-9-13(20)4-6-14(12)18(11)15/h4,6,9,11,15-18,20-21H,3,5,7-8,10H2,1-2H3/t11-,15-,16+,17+,18+,19-/m1/s1. The van der Waals surface area contributed by atoms with Gasteiger partial charge in [-0.3, -0.25) is 0 Å². The maximum absolute atomic E-state index is 10.5. The molecule has 2 heteroatoms. The lowest BCUT2D eigenvalue weighted by molar-refractivity contribution is -0.0441. The van der Waals surface area contributed by atoms with Crippen molar-refractivity contribution >= 4 is 0 Å². The van der Waals surface area contributed by atoms with Crippen LogP contribution in [-0.2, 0) is 6.42 Å². The van der Waals surface area contributed by atoms with Gasteiger partial charge in [0.1, 0.15) is 5.75 Å². The molecule has 6 atom stereocenters. The number of aromatic hydroxyl groups is 1. The minimum atomic E-state index is -0.105. The Kier molecular flexibility index (Phi) is 2.91. The molecule has 2 saturated carbocycles. The van der Waals surface area contributed by atoms with Gasteiger partial charge in [-0.05, 0) is 84.5 Å². The summed E-state index contributed by atoms with van der Waals surface area (Å²) in [5, 5.41) is 20.2. The van der Waals surface area contributed by atoms with Crippen molar-refractivity contribution in [2.75, 3.05) is 0 Å². The summed E-state index contributed by atoms with van der Waals surface area (Å²) in [5.41, 5.74) is 2.96. The Morgan fingerprint density at radius 2 is 2.00 bits per heavy atom. The highest BCUT2D eigenvalue weighted by atomic mass is 16.3. The van der Waals surface area contributed by atoms with Crippen molar-refractivity contribution in [2.45, 2.75) is 58.0 Å². The zero-order chi connectivity index (χ0) is 14.8. The molecular formula is C19H26O2.